The van der Waals surface area contributed by atoms with E-state index in [2.05, 4.69) is 173 Å². The molecule has 1 aliphatic carbocycles. The van der Waals surface area contributed by atoms with Gasteiger partial charge in [-0.05, 0) is 105 Å². The van der Waals surface area contributed by atoms with E-state index in [9.17, 15) is 0 Å². The van der Waals surface area contributed by atoms with E-state index in [1.807, 2.05) is 0 Å². The van der Waals surface area contributed by atoms with E-state index in [0.717, 1.165) is 24.2 Å². The van der Waals surface area contributed by atoms with Gasteiger partial charge in [0.05, 0.1) is 11.4 Å². The zero-order valence-corrected chi connectivity index (χ0v) is 35.3. The Kier molecular flexibility index (Phi) is 11.0. The van der Waals surface area contributed by atoms with Crippen LogP contribution in [-0.4, -0.2) is 9.97 Å². The topological polar surface area (TPSA) is 25.8 Å². The van der Waals surface area contributed by atoms with Crippen LogP contribution in [0.4, 0.5) is 0 Å². The summed E-state index contributed by atoms with van der Waals surface area (Å²) in [6, 6.07) is 54.3. The number of fused-ring (bicyclic) bond motifs is 5. The largest absolute Gasteiger partial charge is 0.252 e. The molecule has 0 saturated heterocycles. The van der Waals surface area contributed by atoms with Crippen LogP contribution < -0.4 is 0 Å². The van der Waals surface area contributed by atoms with E-state index in [4.69, 9.17) is 9.97 Å². The molecule has 0 saturated carbocycles. The van der Waals surface area contributed by atoms with Gasteiger partial charge in [-0.3, -0.25) is 9.97 Å². The number of hydrogen-bond acceptors (Lipinski definition) is 2. The Morgan fingerprint density at radius 3 is 1.20 bits per heavy atom. The average molecular weight is 769 g/mol. The minimum atomic E-state index is -0.128. The van der Waals surface area contributed by atoms with Crippen molar-refractivity contribution in [2.45, 2.75) is 97.3 Å². The Morgan fingerprint density at radius 1 is 0.390 bits per heavy atom. The molecular formula is C57H56N2. The summed E-state index contributed by atoms with van der Waals surface area (Å²) in [6.45, 7) is 9.30. The minimum absolute atomic E-state index is 0.128. The molecular weight excluding hydrogens is 713 g/mol. The molecule has 0 aliphatic heterocycles. The van der Waals surface area contributed by atoms with Crippen molar-refractivity contribution < 1.29 is 0 Å². The summed E-state index contributed by atoms with van der Waals surface area (Å²) < 4.78 is 0. The second kappa shape index (κ2) is 16.8. The fourth-order valence-electron chi connectivity index (χ4n) is 9.41. The summed E-state index contributed by atoms with van der Waals surface area (Å²) in [6.07, 6.45) is 12.0. The number of aromatic nitrogens is 2. The van der Waals surface area contributed by atoms with Crippen LogP contribution in [0.5, 0.6) is 0 Å². The van der Waals surface area contributed by atoms with Crippen molar-refractivity contribution in [1.82, 2.24) is 9.97 Å². The summed E-state index contributed by atoms with van der Waals surface area (Å²) in [7, 11) is 0. The molecule has 0 fully saturated rings. The molecule has 0 bridgehead atoms. The molecule has 0 radical (unpaired) electrons. The predicted octanol–water partition coefficient (Wildman–Crippen LogP) is 16.0. The number of benzene rings is 6. The zero-order chi connectivity index (χ0) is 40.3. The molecule has 9 rings (SSSR count). The molecule has 6 aromatic carbocycles. The van der Waals surface area contributed by atoms with Crippen molar-refractivity contribution in [2.75, 3.05) is 0 Å². The molecule has 0 spiro atoms. The third-order valence-corrected chi connectivity index (χ3v) is 12.8. The van der Waals surface area contributed by atoms with Gasteiger partial charge in [0.2, 0.25) is 0 Å². The first-order valence-electron chi connectivity index (χ1n) is 22.2. The van der Waals surface area contributed by atoms with Crippen LogP contribution in [0, 0.1) is 0 Å². The van der Waals surface area contributed by atoms with Gasteiger partial charge in [0.1, 0.15) is 0 Å². The molecule has 0 amide bonds. The lowest BCUT2D eigenvalue weighted by Gasteiger charge is -2.22. The van der Waals surface area contributed by atoms with Crippen LogP contribution in [0.3, 0.4) is 0 Å². The van der Waals surface area contributed by atoms with Gasteiger partial charge in [-0.1, -0.05) is 188 Å². The number of unbranched alkanes of at least 4 members (excludes halogenated alkanes) is 6. The van der Waals surface area contributed by atoms with E-state index >= 15 is 0 Å². The summed E-state index contributed by atoms with van der Waals surface area (Å²) in [5.74, 6) is 0. The maximum atomic E-state index is 5.23. The maximum absolute atomic E-state index is 5.23. The summed E-state index contributed by atoms with van der Waals surface area (Å²) in [5, 5.41) is 4.98. The molecule has 0 unspecified atom stereocenters. The quantitative estimate of drug-likeness (QED) is 0.103. The fraction of sp³-hybridized carbons (Fsp3) is 0.263. The summed E-state index contributed by atoms with van der Waals surface area (Å²) >= 11 is 0. The molecule has 294 valence electrons. The Hall–Kier alpha value is -5.86. The molecule has 2 aromatic heterocycles. The molecule has 1 aliphatic rings. The molecule has 8 aromatic rings. The maximum Gasteiger partial charge on any atom is 0.0783 e. The highest BCUT2D eigenvalue weighted by atomic mass is 14.7. The number of pyridine rings is 2. The monoisotopic (exact) mass is 768 g/mol. The van der Waals surface area contributed by atoms with Gasteiger partial charge in [0.15, 0.2) is 0 Å². The van der Waals surface area contributed by atoms with Crippen LogP contribution in [0.1, 0.15) is 102 Å². The molecule has 2 heteroatoms. The van der Waals surface area contributed by atoms with E-state index in [-0.39, 0.29) is 5.41 Å². The Bertz CT molecular complexity index is 2560. The third kappa shape index (κ3) is 7.74. The number of hydrogen-bond donors (Lipinski definition) is 0. The lowest BCUT2D eigenvalue weighted by atomic mass is 9.81. The van der Waals surface area contributed by atoms with E-state index < -0.39 is 0 Å². The standard InChI is InChI=1S/C57H56N2/c1-5-7-9-11-19-47-35-45-17-13-15-21-49(45)55(58-47)41-27-23-39(24-28-41)43-31-33-51-52-34-32-44(38-54(52)57(3,4)53(51)37-43)40-25-29-42(30-26-40)56-50-22-16-14-18-46(50)36-48(59-56)20-12-10-8-6-2/h13-18,21-38H,5-12,19-20H2,1-4H3. The van der Waals surface area contributed by atoms with Gasteiger partial charge in [-0.25, -0.2) is 0 Å². The second-order valence-corrected chi connectivity index (χ2v) is 17.3. The predicted molar refractivity (Wildman–Crippen MR) is 252 cm³/mol. The van der Waals surface area contributed by atoms with Gasteiger partial charge in [0, 0.05) is 38.7 Å². The molecule has 59 heavy (non-hydrogen) atoms. The average Bonchev–Trinajstić information content (AvgIpc) is 3.50. The number of aryl methyl sites for hydroxylation is 2. The Labute approximate surface area is 351 Å². The minimum Gasteiger partial charge on any atom is -0.252 e. The van der Waals surface area contributed by atoms with Crippen molar-refractivity contribution in [2.24, 2.45) is 0 Å². The second-order valence-electron chi connectivity index (χ2n) is 17.3. The summed E-state index contributed by atoms with van der Waals surface area (Å²) in [5.41, 5.74) is 17.2. The number of nitrogens with zero attached hydrogens (tertiary/aromatic N) is 2. The van der Waals surface area contributed by atoms with Crippen molar-refractivity contribution in [1.29, 1.82) is 0 Å². The van der Waals surface area contributed by atoms with Crippen LogP contribution in [0.15, 0.2) is 146 Å². The molecule has 2 nitrogen and oxygen atoms in total. The van der Waals surface area contributed by atoms with Crippen LogP contribution in [0.2, 0.25) is 0 Å². The van der Waals surface area contributed by atoms with Crippen molar-refractivity contribution in [3.05, 3.63) is 168 Å². The molecule has 0 N–H and O–H groups in total. The fourth-order valence-corrected chi connectivity index (χ4v) is 9.41. The highest BCUT2D eigenvalue weighted by Gasteiger charge is 2.36. The van der Waals surface area contributed by atoms with Crippen molar-refractivity contribution in [3.63, 3.8) is 0 Å². The van der Waals surface area contributed by atoms with Gasteiger partial charge in [-0.15, -0.1) is 0 Å². The van der Waals surface area contributed by atoms with Crippen LogP contribution >= 0.6 is 0 Å². The first-order valence-corrected chi connectivity index (χ1v) is 22.2. The Morgan fingerprint density at radius 2 is 0.780 bits per heavy atom. The summed E-state index contributed by atoms with van der Waals surface area (Å²) in [4.78, 5) is 10.5. The van der Waals surface area contributed by atoms with Gasteiger partial charge in [-0.2, -0.15) is 0 Å². The first-order chi connectivity index (χ1) is 28.9. The van der Waals surface area contributed by atoms with Crippen LogP contribution in [0.25, 0.3) is 77.4 Å². The molecule has 2 heterocycles. The highest BCUT2D eigenvalue weighted by molar-refractivity contribution is 5.96. The third-order valence-electron chi connectivity index (χ3n) is 12.8. The van der Waals surface area contributed by atoms with Crippen molar-refractivity contribution >= 4 is 21.5 Å². The van der Waals surface area contributed by atoms with E-state index in [1.165, 1.54) is 140 Å². The van der Waals surface area contributed by atoms with Gasteiger partial charge < -0.3 is 0 Å². The normalized spacial score (nSPS) is 12.9. The smallest absolute Gasteiger partial charge is 0.0783 e. The highest BCUT2D eigenvalue weighted by Crippen LogP contribution is 2.51. The zero-order valence-electron chi connectivity index (χ0n) is 35.3. The van der Waals surface area contributed by atoms with Crippen LogP contribution in [-0.2, 0) is 18.3 Å². The van der Waals surface area contributed by atoms with Gasteiger partial charge >= 0.3 is 0 Å². The Balaban J connectivity index is 0.967. The van der Waals surface area contributed by atoms with Gasteiger partial charge in [0.25, 0.3) is 0 Å². The first kappa shape index (κ1) is 38.6. The lowest BCUT2D eigenvalue weighted by Crippen LogP contribution is -2.15. The molecule has 0 atom stereocenters. The van der Waals surface area contributed by atoms with E-state index in [1.54, 1.807) is 0 Å². The van der Waals surface area contributed by atoms with E-state index in [0.29, 0.717) is 0 Å². The number of rotatable bonds is 14. The van der Waals surface area contributed by atoms with Crippen molar-refractivity contribution in [3.8, 4) is 55.9 Å². The SMILES string of the molecule is CCCCCCc1cc2ccccc2c(-c2ccc(-c3ccc4c(c3)C(C)(C)c3cc(-c5ccc(-c6nc(CCCCCC)cc7ccccc67)cc5)ccc3-4)cc2)n1. The lowest BCUT2D eigenvalue weighted by molar-refractivity contribution is 0.661.